The zero-order chi connectivity index (χ0) is 20.2. The molecule has 0 aliphatic carbocycles. The number of thiazole rings is 1. The quantitative estimate of drug-likeness (QED) is 0.644. The molecule has 0 unspecified atom stereocenters. The summed E-state index contributed by atoms with van der Waals surface area (Å²) in [5.74, 6) is 0.559. The SMILES string of the molecule is Cc1occc1C(=O)Nc1nc(CC(=O)Nc2ccc(N3CCCC3)cn2)cs1. The minimum absolute atomic E-state index is 0.104. The number of anilines is 3. The lowest BCUT2D eigenvalue weighted by Crippen LogP contribution is -2.19. The number of hydrogen-bond acceptors (Lipinski definition) is 7. The Morgan fingerprint density at radius 3 is 2.72 bits per heavy atom. The molecule has 0 saturated carbocycles. The van der Waals surface area contributed by atoms with Crippen LogP contribution in [0.5, 0.6) is 0 Å². The maximum Gasteiger partial charge on any atom is 0.260 e. The number of aromatic nitrogens is 2. The molecule has 8 nitrogen and oxygen atoms in total. The Bertz CT molecular complexity index is 1010. The molecular formula is C20H21N5O3S. The van der Waals surface area contributed by atoms with Gasteiger partial charge in [-0.25, -0.2) is 9.97 Å². The molecule has 1 fully saturated rings. The smallest absolute Gasteiger partial charge is 0.260 e. The number of nitrogens with one attached hydrogen (secondary N) is 2. The van der Waals surface area contributed by atoms with Crippen molar-refractivity contribution in [2.75, 3.05) is 28.6 Å². The number of carbonyl (C=O) groups is 2. The van der Waals surface area contributed by atoms with Crippen LogP contribution in [-0.4, -0.2) is 34.9 Å². The van der Waals surface area contributed by atoms with Gasteiger partial charge in [-0.2, -0.15) is 0 Å². The molecule has 3 aromatic heterocycles. The lowest BCUT2D eigenvalue weighted by atomic mass is 10.2. The first kappa shape index (κ1) is 19.1. The van der Waals surface area contributed by atoms with E-state index in [4.69, 9.17) is 4.42 Å². The molecule has 1 saturated heterocycles. The number of aryl methyl sites for hydroxylation is 1. The van der Waals surface area contributed by atoms with E-state index in [0.29, 0.717) is 28.0 Å². The molecule has 2 amide bonds. The molecule has 4 heterocycles. The molecule has 4 rings (SSSR count). The number of nitrogens with zero attached hydrogens (tertiary/aromatic N) is 3. The van der Waals surface area contributed by atoms with Crippen molar-refractivity contribution in [1.82, 2.24) is 9.97 Å². The van der Waals surface area contributed by atoms with Crippen molar-refractivity contribution in [3.8, 4) is 0 Å². The number of furan rings is 1. The van der Waals surface area contributed by atoms with Crippen molar-refractivity contribution in [1.29, 1.82) is 0 Å². The lowest BCUT2D eigenvalue weighted by molar-refractivity contribution is -0.115. The molecule has 0 spiro atoms. The first-order valence-electron chi connectivity index (χ1n) is 9.39. The molecule has 29 heavy (non-hydrogen) atoms. The van der Waals surface area contributed by atoms with Gasteiger partial charge in [-0.3, -0.25) is 14.9 Å². The van der Waals surface area contributed by atoms with E-state index in [1.165, 1.54) is 30.4 Å². The number of hydrogen-bond donors (Lipinski definition) is 2. The fourth-order valence-electron chi connectivity index (χ4n) is 3.20. The fourth-order valence-corrected chi connectivity index (χ4v) is 3.91. The van der Waals surface area contributed by atoms with Crippen LogP contribution < -0.4 is 15.5 Å². The van der Waals surface area contributed by atoms with Gasteiger partial charge in [0.25, 0.3) is 5.91 Å². The van der Waals surface area contributed by atoms with Crippen LogP contribution >= 0.6 is 11.3 Å². The van der Waals surface area contributed by atoms with Crippen molar-refractivity contribution in [3.05, 3.63) is 53.1 Å². The van der Waals surface area contributed by atoms with Crippen molar-refractivity contribution in [3.63, 3.8) is 0 Å². The predicted molar refractivity (Wildman–Crippen MR) is 112 cm³/mol. The van der Waals surface area contributed by atoms with E-state index in [-0.39, 0.29) is 18.2 Å². The summed E-state index contributed by atoms with van der Waals surface area (Å²) in [6.45, 7) is 3.82. The Labute approximate surface area is 172 Å². The van der Waals surface area contributed by atoms with Gasteiger partial charge in [-0.1, -0.05) is 0 Å². The molecule has 0 radical (unpaired) electrons. The molecule has 1 aliphatic heterocycles. The van der Waals surface area contributed by atoms with E-state index in [9.17, 15) is 9.59 Å². The monoisotopic (exact) mass is 411 g/mol. The van der Waals surface area contributed by atoms with Crippen LogP contribution in [-0.2, 0) is 11.2 Å². The summed E-state index contributed by atoms with van der Waals surface area (Å²) in [7, 11) is 0. The maximum atomic E-state index is 12.3. The molecule has 1 aliphatic rings. The summed E-state index contributed by atoms with van der Waals surface area (Å²) in [5, 5.41) is 7.69. The van der Waals surface area contributed by atoms with E-state index in [1.54, 1.807) is 24.6 Å². The summed E-state index contributed by atoms with van der Waals surface area (Å²) in [6, 6.07) is 5.39. The number of rotatable bonds is 6. The fraction of sp³-hybridized carbons (Fsp3) is 0.300. The van der Waals surface area contributed by atoms with Gasteiger partial charge in [0.1, 0.15) is 11.6 Å². The minimum atomic E-state index is -0.288. The highest BCUT2D eigenvalue weighted by molar-refractivity contribution is 7.14. The number of pyridine rings is 1. The number of carbonyl (C=O) groups excluding carboxylic acids is 2. The molecular weight excluding hydrogens is 390 g/mol. The van der Waals surface area contributed by atoms with Crippen LogP contribution in [0.25, 0.3) is 0 Å². The van der Waals surface area contributed by atoms with E-state index >= 15 is 0 Å². The largest absolute Gasteiger partial charge is 0.469 e. The van der Waals surface area contributed by atoms with Gasteiger partial charge in [0.05, 0.1) is 35.8 Å². The molecule has 150 valence electrons. The van der Waals surface area contributed by atoms with Crippen LogP contribution in [0, 0.1) is 6.92 Å². The Morgan fingerprint density at radius 1 is 1.21 bits per heavy atom. The molecule has 0 bridgehead atoms. The van der Waals surface area contributed by atoms with Crippen molar-refractivity contribution >= 4 is 39.8 Å². The Morgan fingerprint density at radius 2 is 2.03 bits per heavy atom. The first-order chi connectivity index (χ1) is 14.1. The molecule has 3 aromatic rings. The Hall–Kier alpha value is -3.20. The summed E-state index contributed by atoms with van der Waals surface area (Å²) >= 11 is 1.27. The Balaban J connectivity index is 1.31. The standard InChI is InChI=1S/C20H21N5O3S/c1-13-16(6-9-28-13)19(27)24-20-22-14(12-29-20)10-18(26)23-17-5-4-15(11-21-17)25-7-2-3-8-25/h4-6,9,11-12H,2-3,7-8,10H2,1H3,(H,21,23,26)(H,22,24,27). The van der Waals surface area contributed by atoms with E-state index in [1.807, 2.05) is 12.1 Å². The van der Waals surface area contributed by atoms with Crippen LogP contribution in [0.15, 0.2) is 40.5 Å². The Kier molecular flexibility index (Phi) is 5.57. The summed E-state index contributed by atoms with van der Waals surface area (Å²) in [4.78, 5) is 35.4. The van der Waals surface area contributed by atoms with Crippen LogP contribution in [0.1, 0.15) is 34.7 Å². The highest BCUT2D eigenvalue weighted by Gasteiger charge is 2.15. The second kappa shape index (κ2) is 8.44. The second-order valence-electron chi connectivity index (χ2n) is 6.81. The predicted octanol–water partition coefficient (Wildman–Crippen LogP) is 3.47. The van der Waals surface area contributed by atoms with E-state index in [2.05, 4.69) is 25.5 Å². The third-order valence-electron chi connectivity index (χ3n) is 4.70. The minimum Gasteiger partial charge on any atom is -0.469 e. The zero-order valence-corrected chi connectivity index (χ0v) is 16.8. The van der Waals surface area contributed by atoms with Gasteiger partial charge in [0.2, 0.25) is 5.91 Å². The summed E-state index contributed by atoms with van der Waals surface area (Å²) in [6.07, 6.45) is 5.77. The summed E-state index contributed by atoms with van der Waals surface area (Å²) in [5.41, 5.74) is 2.12. The van der Waals surface area contributed by atoms with Crippen LogP contribution in [0.2, 0.25) is 0 Å². The molecule has 9 heteroatoms. The summed E-state index contributed by atoms with van der Waals surface area (Å²) < 4.78 is 5.13. The molecule has 2 N–H and O–H groups in total. The normalized spacial score (nSPS) is 13.5. The average molecular weight is 411 g/mol. The third-order valence-corrected chi connectivity index (χ3v) is 5.51. The highest BCUT2D eigenvalue weighted by atomic mass is 32.1. The van der Waals surface area contributed by atoms with Crippen molar-refractivity contribution in [2.45, 2.75) is 26.2 Å². The molecule has 0 atom stereocenters. The van der Waals surface area contributed by atoms with Crippen LogP contribution in [0.3, 0.4) is 0 Å². The maximum absolute atomic E-state index is 12.3. The van der Waals surface area contributed by atoms with Gasteiger partial charge in [-0.05, 0) is 38.0 Å². The van der Waals surface area contributed by atoms with Gasteiger partial charge in [0.15, 0.2) is 5.13 Å². The van der Waals surface area contributed by atoms with E-state index < -0.39 is 0 Å². The third kappa shape index (κ3) is 4.62. The van der Waals surface area contributed by atoms with Gasteiger partial charge in [-0.15, -0.1) is 11.3 Å². The zero-order valence-electron chi connectivity index (χ0n) is 16.0. The topological polar surface area (TPSA) is 100 Å². The van der Waals surface area contributed by atoms with E-state index in [0.717, 1.165) is 18.8 Å². The van der Waals surface area contributed by atoms with Gasteiger partial charge < -0.3 is 14.6 Å². The lowest BCUT2D eigenvalue weighted by Gasteiger charge is -2.17. The van der Waals surface area contributed by atoms with Crippen molar-refractivity contribution < 1.29 is 14.0 Å². The average Bonchev–Trinajstić information content (AvgIpc) is 3.45. The molecule has 0 aromatic carbocycles. The second-order valence-corrected chi connectivity index (χ2v) is 7.67. The number of amides is 2. The van der Waals surface area contributed by atoms with Gasteiger partial charge in [0, 0.05) is 18.5 Å². The van der Waals surface area contributed by atoms with Crippen molar-refractivity contribution in [2.24, 2.45) is 0 Å². The van der Waals surface area contributed by atoms with Gasteiger partial charge >= 0.3 is 0 Å². The first-order valence-corrected chi connectivity index (χ1v) is 10.3. The van der Waals surface area contributed by atoms with Crippen LogP contribution in [0.4, 0.5) is 16.6 Å². The highest BCUT2D eigenvalue weighted by Crippen LogP contribution is 2.21.